The predicted molar refractivity (Wildman–Crippen MR) is 139 cm³/mol. The first-order chi connectivity index (χ1) is 17.7. The average molecular weight is 499 g/mol. The van der Waals surface area contributed by atoms with Crippen LogP contribution in [0, 0.1) is 6.92 Å². The lowest BCUT2D eigenvalue weighted by Gasteiger charge is -2.16. The molecule has 0 atom stereocenters. The first-order valence-corrected chi connectivity index (χ1v) is 11.4. The van der Waals surface area contributed by atoms with Crippen LogP contribution >= 0.6 is 0 Å². The number of carbonyl (C=O) groups is 1. The fraction of sp³-hybridized carbons (Fsp3) is 0.0690. The topological polar surface area (TPSA) is 80.9 Å². The number of benzene rings is 4. The molecule has 1 amide bonds. The van der Waals surface area contributed by atoms with Crippen molar-refractivity contribution in [1.29, 1.82) is 0 Å². The molecular weight excluding hydrogens is 477 g/mol. The summed E-state index contributed by atoms with van der Waals surface area (Å²) in [6, 6.07) is 22.9. The summed E-state index contributed by atoms with van der Waals surface area (Å²) in [7, 11) is 0. The van der Waals surface area contributed by atoms with Gasteiger partial charge in [-0.3, -0.25) is 4.79 Å². The summed E-state index contributed by atoms with van der Waals surface area (Å²) in [6.07, 6.45) is -2.96. The standard InChI is InChI=1S/C29H21F3N4O/c1-17-7-8-20(14-24(17)19-9-12-26-21(13-19)16-34-28(33)36-26)27(37)35-22-10-11-23(18-5-3-2-4-6-18)25(15-22)29(30,31)32/h2-16H,1H3,(H,35,37)(H2,33,34,36). The maximum absolute atomic E-state index is 13.9. The van der Waals surface area contributed by atoms with Crippen LogP contribution in [0.25, 0.3) is 33.2 Å². The zero-order valence-electron chi connectivity index (χ0n) is 19.7. The zero-order valence-corrected chi connectivity index (χ0v) is 19.7. The maximum atomic E-state index is 13.9. The van der Waals surface area contributed by atoms with Crippen molar-refractivity contribution in [2.24, 2.45) is 0 Å². The summed E-state index contributed by atoms with van der Waals surface area (Å²) >= 11 is 0. The third kappa shape index (κ3) is 4.99. The first-order valence-electron chi connectivity index (χ1n) is 11.4. The van der Waals surface area contributed by atoms with Crippen LogP contribution in [-0.4, -0.2) is 15.9 Å². The number of aromatic nitrogens is 2. The van der Waals surface area contributed by atoms with Gasteiger partial charge in [-0.05, 0) is 71.1 Å². The molecular formula is C29H21F3N4O. The van der Waals surface area contributed by atoms with E-state index in [0.29, 0.717) is 16.6 Å². The number of hydrogen-bond donors (Lipinski definition) is 2. The molecule has 0 fully saturated rings. The maximum Gasteiger partial charge on any atom is 0.417 e. The molecule has 0 aliphatic carbocycles. The van der Waals surface area contributed by atoms with Crippen molar-refractivity contribution in [2.45, 2.75) is 13.1 Å². The second kappa shape index (κ2) is 9.39. The molecule has 5 nitrogen and oxygen atoms in total. The molecule has 1 aromatic heterocycles. The molecule has 0 unspecified atom stereocenters. The fourth-order valence-corrected chi connectivity index (χ4v) is 4.22. The van der Waals surface area contributed by atoms with E-state index in [1.54, 1.807) is 54.7 Å². The highest BCUT2D eigenvalue weighted by Gasteiger charge is 2.34. The zero-order chi connectivity index (χ0) is 26.2. The molecule has 4 aromatic carbocycles. The highest BCUT2D eigenvalue weighted by molar-refractivity contribution is 6.05. The van der Waals surface area contributed by atoms with E-state index in [2.05, 4.69) is 15.3 Å². The normalized spacial score (nSPS) is 11.5. The summed E-state index contributed by atoms with van der Waals surface area (Å²) < 4.78 is 41.6. The van der Waals surface area contributed by atoms with E-state index < -0.39 is 17.6 Å². The van der Waals surface area contributed by atoms with Crippen LogP contribution < -0.4 is 11.1 Å². The number of nitrogen functional groups attached to an aromatic ring is 1. The second-order valence-corrected chi connectivity index (χ2v) is 8.61. The Hall–Kier alpha value is -4.72. The number of alkyl halides is 3. The van der Waals surface area contributed by atoms with Crippen LogP contribution in [-0.2, 0) is 6.18 Å². The van der Waals surface area contributed by atoms with Gasteiger partial charge in [0.1, 0.15) is 0 Å². The molecule has 5 rings (SSSR count). The number of aryl methyl sites for hydroxylation is 1. The Balaban J connectivity index is 1.46. The van der Waals surface area contributed by atoms with E-state index in [1.165, 1.54) is 12.1 Å². The van der Waals surface area contributed by atoms with E-state index in [9.17, 15) is 18.0 Å². The number of nitrogens with one attached hydrogen (secondary N) is 1. The summed E-state index contributed by atoms with van der Waals surface area (Å²) in [5, 5.41) is 3.40. The van der Waals surface area contributed by atoms with Crippen molar-refractivity contribution in [3.05, 3.63) is 108 Å². The molecule has 37 heavy (non-hydrogen) atoms. The van der Waals surface area contributed by atoms with E-state index in [0.717, 1.165) is 28.1 Å². The molecule has 0 saturated heterocycles. The van der Waals surface area contributed by atoms with Crippen LogP contribution in [0.15, 0.2) is 91.1 Å². The van der Waals surface area contributed by atoms with Crippen LogP contribution in [0.3, 0.4) is 0 Å². The molecule has 8 heteroatoms. The number of fused-ring (bicyclic) bond motifs is 1. The molecule has 0 radical (unpaired) electrons. The van der Waals surface area contributed by atoms with Gasteiger partial charge in [0.2, 0.25) is 5.95 Å². The van der Waals surface area contributed by atoms with Gasteiger partial charge in [0.25, 0.3) is 5.91 Å². The lowest BCUT2D eigenvalue weighted by atomic mass is 9.96. The van der Waals surface area contributed by atoms with Gasteiger partial charge in [-0.2, -0.15) is 13.2 Å². The number of anilines is 2. The first kappa shape index (κ1) is 24.0. The summed E-state index contributed by atoms with van der Waals surface area (Å²) in [6.45, 7) is 1.92. The Kier molecular flexibility index (Phi) is 6.09. The Morgan fingerprint density at radius 1 is 0.865 bits per heavy atom. The monoisotopic (exact) mass is 498 g/mol. The van der Waals surface area contributed by atoms with Crippen molar-refractivity contribution < 1.29 is 18.0 Å². The van der Waals surface area contributed by atoms with Crippen LogP contribution in [0.1, 0.15) is 21.5 Å². The number of nitrogens with two attached hydrogens (primary N) is 1. The van der Waals surface area contributed by atoms with Crippen molar-refractivity contribution >= 4 is 28.4 Å². The van der Waals surface area contributed by atoms with Gasteiger partial charge in [-0.1, -0.05) is 48.5 Å². The minimum atomic E-state index is -4.59. The minimum absolute atomic E-state index is 0.0470. The van der Waals surface area contributed by atoms with E-state index in [-0.39, 0.29) is 17.2 Å². The fourth-order valence-electron chi connectivity index (χ4n) is 4.22. The number of nitrogens with zero attached hydrogens (tertiary/aromatic N) is 2. The molecule has 0 saturated carbocycles. The van der Waals surface area contributed by atoms with Gasteiger partial charge in [0, 0.05) is 22.8 Å². The van der Waals surface area contributed by atoms with Crippen molar-refractivity contribution in [3.8, 4) is 22.3 Å². The lowest BCUT2D eigenvalue weighted by Crippen LogP contribution is -2.14. The highest BCUT2D eigenvalue weighted by atomic mass is 19.4. The van der Waals surface area contributed by atoms with E-state index in [1.807, 2.05) is 25.1 Å². The minimum Gasteiger partial charge on any atom is -0.368 e. The molecule has 0 aliphatic heterocycles. The lowest BCUT2D eigenvalue weighted by molar-refractivity contribution is -0.137. The van der Waals surface area contributed by atoms with Gasteiger partial charge >= 0.3 is 6.18 Å². The molecule has 0 spiro atoms. The summed E-state index contributed by atoms with van der Waals surface area (Å²) in [5.41, 5.74) is 8.98. The third-order valence-corrected chi connectivity index (χ3v) is 6.08. The quantitative estimate of drug-likeness (QED) is 0.276. The van der Waals surface area contributed by atoms with Crippen molar-refractivity contribution in [3.63, 3.8) is 0 Å². The Labute approximate surface area is 210 Å². The Morgan fingerprint density at radius 3 is 2.41 bits per heavy atom. The molecule has 0 bridgehead atoms. The Morgan fingerprint density at radius 2 is 1.65 bits per heavy atom. The number of amides is 1. The molecule has 0 aliphatic rings. The summed E-state index contributed by atoms with van der Waals surface area (Å²) in [4.78, 5) is 21.3. The molecule has 184 valence electrons. The van der Waals surface area contributed by atoms with Crippen LogP contribution in [0.2, 0.25) is 0 Å². The van der Waals surface area contributed by atoms with Gasteiger partial charge in [0.15, 0.2) is 0 Å². The predicted octanol–water partition coefficient (Wildman–Crippen LogP) is 7.13. The van der Waals surface area contributed by atoms with Gasteiger partial charge in [-0.25, -0.2) is 9.97 Å². The number of carbonyl (C=O) groups excluding carboxylic acids is 1. The summed E-state index contributed by atoms with van der Waals surface area (Å²) in [5.74, 6) is -0.334. The molecule has 3 N–H and O–H groups in total. The van der Waals surface area contributed by atoms with Gasteiger partial charge in [-0.15, -0.1) is 0 Å². The average Bonchev–Trinajstić information content (AvgIpc) is 2.88. The van der Waals surface area contributed by atoms with E-state index in [4.69, 9.17) is 5.73 Å². The van der Waals surface area contributed by atoms with Gasteiger partial charge in [0.05, 0.1) is 11.1 Å². The van der Waals surface area contributed by atoms with E-state index >= 15 is 0 Å². The molecule has 1 heterocycles. The number of rotatable bonds is 4. The van der Waals surface area contributed by atoms with Crippen molar-refractivity contribution in [2.75, 3.05) is 11.1 Å². The smallest absolute Gasteiger partial charge is 0.368 e. The van der Waals surface area contributed by atoms with Crippen LogP contribution in [0.5, 0.6) is 0 Å². The SMILES string of the molecule is Cc1ccc(C(=O)Nc2ccc(-c3ccccc3)c(C(F)(F)F)c2)cc1-c1ccc2nc(N)ncc2c1. The number of hydrogen-bond acceptors (Lipinski definition) is 4. The molecule has 5 aromatic rings. The highest BCUT2D eigenvalue weighted by Crippen LogP contribution is 2.38. The Bertz CT molecular complexity index is 1630. The largest absolute Gasteiger partial charge is 0.417 e. The second-order valence-electron chi connectivity index (χ2n) is 8.61. The van der Waals surface area contributed by atoms with Gasteiger partial charge < -0.3 is 11.1 Å². The third-order valence-electron chi connectivity index (χ3n) is 6.08. The number of halogens is 3. The van der Waals surface area contributed by atoms with Crippen LogP contribution in [0.4, 0.5) is 24.8 Å². The van der Waals surface area contributed by atoms with Crippen molar-refractivity contribution in [1.82, 2.24) is 9.97 Å².